The van der Waals surface area contributed by atoms with Gasteiger partial charge in [0.05, 0.1) is 11.4 Å². The van der Waals surface area contributed by atoms with Crippen molar-refractivity contribution in [2.75, 3.05) is 12.1 Å². The quantitative estimate of drug-likeness (QED) is 0.742. The summed E-state index contributed by atoms with van der Waals surface area (Å²) in [4.78, 5) is 12.2. The molecule has 1 aromatic heterocycles. The van der Waals surface area contributed by atoms with Crippen molar-refractivity contribution >= 4 is 11.7 Å². The number of fused-ring (bicyclic) bond motifs is 1. The molecule has 0 aliphatic carbocycles. The Morgan fingerprint density at radius 2 is 1.96 bits per heavy atom. The number of carbonyl (C=O) groups excluding carboxylic acids is 1. The lowest BCUT2D eigenvalue weighted by atomic mass is 10.2. The minimum atomic E-state index is -0.279. The summed E-state index contributed by atoms with van der Waals surface area (Å²) in [6, 6.07) is 14.9. The largest absolute Gasteiger partial charge is 0.454 e. The molecule has 2 N–H and O–H groups in total. The lowest BCUT2D eigenvalue weighted by Gasteiger charge is -2.10. The molecule has 3 aromatic rings. The fourth-order valence-corrected chi connectivity index (χ4v) is 3.01. The summed E-state index contributed by atoms with van der Waals surface area (Å²) in [6.07, 6.45) is 0. The van der Waals surface area contributed by atoms with E-state index in [1.54, 1.807) is 0 Å². The van der Waals surface area contributed by atoms with Crippen LogP contribution in [0.4, 0.5) is 10.5 Å². The highest BCUT2D eigenvalue weighted by molar-refractivity contribution is 5.89. The van der Waals surface area contributed by atoms with Crippen molar-refractivity contribution in [2.45, 2.75) is 20.4 Å². The molecule has 1 aliphatic rings. The summed E-state index contributed by atoms with van der Waals surface area (Å²) < 4.78 is 12.5. The molecule has 0 fully saturated rings. The van der Waals surface area contributed by atoms with Gasteiger partial charge in [-0.05, 0) is 55.8 Å². The fourth-order valence-electron chi connectivity index (χ4n) is 3.01. The number of hydrogen-bond donors (Lipinski definition) is 2. The molecule has 27 heavy (non-hydrogen) atoms. The topological polar surface area (TPSA) is 77.4 Å². The van der Waals surface area contributed by atoms with Gasteiger partial charge in [-0.15, -0.1) is 0 Å². The van der Waals surface area contributed by atoms with Crippen LogP contribution in [0.5, 0.6) is 11.5 Å². The Kier molecular flexibility index (Phi) is 4.42. The number of hydrogen-bond acceptors (Lipinski definition) is 4. The monoisotopic (exact) mass is 364 g/mol. The van der Waals surface area contributed by atoms with Crippen LogP contribution in [0.2, 0.25) is 0 Å². The smallest absolute Gasteiger partial charge is 0.319 e. The van der Waals surface area contributed by atoms with Gasteiger partial charge < -0.3 is 20.1 Å². The van der Waals surface area contributed by atoms with E-state index in [0.29, 0.717) is 18.0 Å². The van der Waals surface area contributed by atoms with Crippen LogP contribution in [0.25, 0.3) is 5.69 Å². The standard InChI is InChI=1S/C20H20N4O3/c1-13-8-14(2)24(23-13)17-5-3-4-16(10-17)22-20(25)21-11-15-6-7-18-19(9-15)27-12-26-18/h3-10H,11-12H2,1-2H3,(H2,21,22,25). The van der Waals surface area contributed by atoms with Crippen molar-refractivity contribution in [3.8, 4) is 17.2 Å². The lowest BCUT2D eigenvalue weighted by Crippen LogP contribution is -2.28. The van der Waals surface area contributed by atoms with Crippen LogP contribution in [0, 0.1) is 13.8 Å². The van der Waals surface area contributed by atoms with Gasteiger partial charge in [0, 0.05) is 17.9 Å². The van der Waals surface area contributed by atoms with Gasteiger partial charge in [-0.25, -0.2) is 9.48 Å². The average Bonchev–Trinajstić information content (AvgIpc) is 3.25. The van der Waals surface area contributed by atoms with Crippen LogP contribution in [0.15, 0.2) is 48.5 Å². The number of anilines is 1. The van der Waals surface area contributed by atoms with Crippen LogP contribution in [0.1, 0.15) is 17.0 Å². The molecule has 2 amide bonds. The number of rotatable bonds is 4. The van der Waals surface area contributed by atoms with Gasteiger partial charge in [0.15, 0.2) is 11.5 Å². The molecule has 138 valence electrons. The first kappa shape index (κ1) is 17.0. The fraction of sp³-hybridized carbons (Fsp3) is 0.200. The zero-order valence-electron chi connectivity index (χ0n) is 15.2. The number of aromatic nitrogens is 2. The van der Waals surface area contributed by atoms with E-state index in [0.717, 1.165) is 28.4 Å². The van der Waals surface area contributed by atoms with Crippen molar-refractivity contribution in [1.82, 2.24) is 15.1 Å². The van der Waals surface area contributed by atoms with E-state index in [2.05, 4.69) is 15.7 Å². The van der Waals surface area contributed by atoms with E-state index >= 15 is 0 Å². The molecule has 7 heteroatoms. The molecule has 7 nitrogen and oxygen atoms in total. The Morgan fingerprint density at radius 3 is 2.78 bits per heavy atom. The Morgan fingerprint density at radius 1 is 1.11 bits per heavy atom. The molecule has 0 saturated heterocycles. The van der Waals surface area contributed by atoms with Crippen LogP contribution in [0.3, 0.4) is 0 Å². The van der Waals surface area contributed by atoms with Crippen molar-refractivity contribution < 1.29 is 14.3 Å². The lowest BCUT2D eigenvalue weighted by molar-refractivity contribution is 0.174. The van der Waals surface area contributed by atoms with E-state index < -0.39 is 0 Å². The van der Waals surface area contributed by atoms with Crippen LogP contribution < -0.4 is 20.1 Å². The average molecular weight is 364 g/mol. The van der Waals surface area contributed by atoms with E-state index in [1.807, 2.05) is 67.1 Å². The van der Waals surface area contributed by atoms with E-state index in [1.165, 1.54) is 0 Å². The normalized spacial score (nSPS) is 12.1. The molecule has 0 bridgehead atoms. The van der Waals surface area contributed by atoms with Gasteiger partial charge in [0.1, 0.15) is 0 Å². The molecule has 2 aromatic carbocycles. The number of carbonyl (C=O) groups is 1. The van der Waals surface area contributed by atoms with E-state index in [9.17, 15) is 4.79 Å². The number of benzene rings is 2. The predicted octanol–water partition coefficient (Wildman–Crippen LogP) is 3.54. The molecular formula is C20H20N4O3. The van der Waals surface area contributed by atoms with Crippen LogP contribution in [-0.2, 0) is 6.54 Å². The number of nitrogens with zero attached hydrogens (tertiary/aromatic N) is 2. The minimum Gasteiger partial charge on any atom is -0.454 e. The summed E-state index contributed by atoms with van der Waals surface area (Å²) in [7, 11) is 0. The first-order valence-corrected chi connectivity index (χ1v) is 8.65. The molecule has 0 radical (unpaired) electrons. The van der Waals surface area contributed by atoms with Gasteiger partial charge in [-0.2, -0.15) is 5.10 Å². The van der Waals surface area contributed by atoms with Gasteiger partial charge in [0.2, 0.25) is 6.79 Å². The second kappa shape index (κ2) is 7.03. The summed E-state index contributed by atoms with van der Waals surface area (Å²) in [6.45, 7) is 4.57. The van der Waals surface area contributed by atoms with Crippen molar-refractivity contribution in [3.05, 3.63) is 65.5 Å². The maximum atomic E-state index is 12.2. The molecule has 0 atom stereocenters. The molecule has 0 spiro atoms. The first-order valence-electron chi connectivity index (χ1n) is 8.65. The highest BCUT2D eigenvalue weighted by Gasteiger charge is 2.13. The molecule has 0 unspecified atom stereocenters. The van der Waals surface area contributed by atoms with E-state index in [4.69, 9.17) is 9.47 Å². The number of ether oxygens (including phenoxy) is 2. The Bertz CT molecular complexity index is 997. The highest BCUT2D eigenvalue weighted by atomic mass is 16.7. The zero-order chi connectivity index (χ0) is 18.8. The van der Waals surface area contributed by atoms with E-state index in [-0.39, 0.29) is 12.8 Å². The molecular weight excluding hydrogens is 344 g/mol. The molecule has 1 aliphatic heterocycles. The Balaban J connectivity index is 1.39. The van der Waals surface area contributed by atoms with Gasteiger partial charge in [-0.3, -0.25) is 0 Å². The number of urea groups is 1. The SMILES string of the molecule is Cc1cc(C)n(-c2cccc(NC(=O)NCc3ccc4c(c3)OCO4)c2)n1. The second-order valence-corrected chi connectivity index (χ2v) is 6.38. The third-order valence-electron chi connectivity index (χ3n) is 4.25. The molecule has 2 heterocycles. The zero-order valence-corrected chi connectivity index (χ0v) is 15.2. The predicted molar refractivity (Wildman–Crippen MR) is 101 cm³/mol. The first-order chi connectivity index (χ1) is 13.1. The van der Waals surface area contributed by atoms with Crippen LogP contribution in [-0.4, -0.2) is 22.6 Å². The molecule has 0 saturated carbocycles. The van der Waals surface area contributed by atoms with Crippen molar-refractivity contribution in [2.24, 2.45) is 0 Å². The third kappa shape index (κ3) is 3.72. The second-order valence-electron chi connectivity index (χ2n) is 6.38. The summed E-state index contributed by atoms with van der Waals surface area (Å²) in [5, 5.41) is 10.2. The highest BCUT2D eigenvalue weighted by Crippen LogP contribution is 2.32. The third-order valence-corrected chi connectivity index (χ3v) is 4.25. The number of aryl methyl sites for hydroxylation is 2. The summed E-state index contributed by atoms with van der Waals surface area (Å²) >= 11 is 0. The molecule has 4 rings (SSSR count). The maximum Gasteiger partial charge on any atom is 0.319 e. The van der Waals surface area contributed by atoms with Crippen molar-refractivity contribution in [1.29, 1.82) is 0 Å². The Labute approximate surface area is 156 Å². The number of amides is 2. The van der Waals surface area contributed by atoms with Gasteiger partial charge in [0.25, 0.3) is 0 Å². The van der Waals surface area contributed by atoms with Crippen LogP contribution >= 0.6 is 0 Å². The summed E-state index contributed by atoms with van der Waals surface area (Å²) in [5.74, 6) is 1.43. The van der Waals surface area contributed by atoms with Gasteiger partial charge >= 0.3 is 6.03 Å². The maximum absolute atomic E-state index is 12.2. The van der Waals surface area contributed by atoms with Crippen molar-refractivity contribution in [3.63, 3.8) is 0 Å². The van der Waals surface area contributed by atoms with Gasteiger partial charge in [-0.1, -0.05) is 12.1 Å². The number of nitrogens with one attached hydrogen (secondary N) is 2. The Hall–Kier alpha value is -3.48. The summed E-state index contributed by atoms with van der Waals surface area (Å²) in [5.41, 5.74) is 4.52. The minimum absolute atomic E-state index is 0.234.